The van der Waals surface area contributed by atoms with Gasteiger partial charge in [0.05, 0.1) is 5.69 Å². The van der Waals surface area contributed by atoms with Crippen LogP contribution in [0, 0.1) is 13.8 Å². The van der Waals surface area contributed by atoms with Gasteiger partial charge in [0.2, 0.25) is 0 Å². The molecule has 0 aliphatic rings. The van der Waals surface area contributed by atoms with Gasteiger partial charge < -0.3 is 20.3 Å². The van der Waals surface area contributed by atoms with E-state index in [1.54, 1.807) is 7.05 Å². The minimum Gasteiger partial charge on any atom is -0.492 e. The van der Waals surface area contributed by atoms with Gasteiger partial charge in [-0.2, -0.15) is 5.10 Å². The van der Waals surface area contributed by atoms with Crippen LogP contribution in [-0.4, -0.2) is 61.5 Å². The normalized spacial score (nSPS) is 11.3. The molecule has 0 spiro atoms. The van der Waals surface area contributed by atoms with Crippen molar-refractivity contribution >= 4 is 29.9 Å². The van der Waals surface area contributed by atoms with Crippen LogP contribution in [-0.2, 0) is 13.1 Å². The van der Waals surface area contributed by atoms with Crippen LogP contribution in [0.3, 0.4) is 0 Å². The number of nitrogens with one attached hydrogen (secondary N) is 2. The maximum absolute atomic E-state index is 5.92. The minimum absolute atomic E-state index is 0. The predicted octanol–water partition coefficient (Wildman–Crippen LogP) is 2.81. The lowest BCUT2D eigenvalue weighted by Gasteiger charge is -2.16. The molecule has 2 rings (SSSR count). The van der Waals surface area contributed by atoms with E-state index in [0.29, 0.717) is 13.2 Å². The Morgan fingerprint density at radius 1 is 1.21 bits per heavy atom. The van der Waals surface area contributed by atoms with Gasteiger partial charge in [0.15, 0.2) is 5.96 Å². The van der Waals surface area contributed by atoms with E-state index in [1.165, 1.54) is 5.69 Å². The molecule has 1 aromatic carbocycles. The van der Waals surface area contributed by atoms with Gasteiger partial charge >= 0.3 is 0 Å². The monoisotopic (exact) mass is 514 g/mol. The van der Waals surface area contributed by atoms with E-state index in [2.05, 4.69) is 49.4 Å². The molecule has 0 bridgehead atoms. The molecule has 0 fully saturated rings. The standard InChI is InChI=1S/C21H34N6O.HI/c1-17-15-18(2)27(25-17)12-8-11-23-21(22-3)24-16-19-9-6-7-10-20(19)28-14-13-26(4)5;/h6-7,9-10,15H,8,11-14,16H2,1-5H3,(H2,22,23,24);1H. The lowest BCUT2D eigenvalue weighted by molar-refractivity contribution is 0.259. The van der Waals surface area contributed by atoms with Crippen molar-refractivity contribution in [3.63, 3.8) is 0 Å². The summed E-state index contributed by atoms with van der Waals surface area (Å²) < 4.78 is 7.97. The van der Waals surface area contributed by atoms with Crippen LogP contribution in [0.4, 0.5) is 0 Å². The Morgan fingerprint density at radius 2 is 1.97 bits per heavy atom. The molecule has 8 heteroatoms. The van der Waals surface area contributed by atoms with E-state index < -0.39 is 0 Å². The highest BCUT2D eigenvalue weighted by atomic mass is 127. The molecule has 0 amide bonds. The second-order valence-electron chi connectivity index (χ2n) is 7.12. The zero-order valence-electron chi connectivity index (χ0n) is 18.2. The van der Waals surface area contributed by atoms with Crippen molar-refractivity contribution in [3.8, 4) is 5.75 Å². The number of nitrogens with zero attached hydrogens (tertiary/aromatic N) is 4. The number of para-hydroxylation sites is 1. The average Bonchev–Trinajstić information content (AvgIpc) is 2.99. The van der Waals surface area contributed by atoms with Gasteiger partial charge in [0.25, 0.3) is 0 Å². The Bertz CT molecular complexity index is 759. The lowest BCUT2D eigenvalue weighted by atomic mass is 10.2. The third-order valence-electron chi connectivity index (χ3n) is 4.38. The molecule has 1 aromatic heterocycles. The lowest BCUT2D eigenvalue weighted by Crippen LogP contribution is -2.37. The topological polar surface area (TPSA) is 66.7 Å². The van der Waals surface area contributed by atoms with Crippen LogP contribution < -0.4 is 15.4 Å². The summed E-state index contributed by atoms with van der Waals surface area (Å²) in [5, 5.41) is 11.2. The first-order valence-corrected chi connectivity index (χ1v) is 9.80. The molecule has 0 saturated heterocycles. The molecule has 0 aliphatic carbocycles. The summed E-state index contributed by atoms with van der Waals surface area (Å²) in [5.41, 5.74) is 3.38. The molecular weight excluding hydrogens is 479 g/mol. The summed E-state index contributed by atoms with van der Waals surface area (Å²) in [6.07, 6.45) is 0.979. The van der Waals surface area contributed by atoms with E-state index in [1.807, 2.05) is 39.2 Å². The molecule has 162 valence electrons. The zero-order chi connectivity index (χ0) is 20.4. The Morgan fingerprint density at radius 3 is 2.62 bits per heavy atom. The molecule has 7 nitrogen and oxygen atoms in total. The van der Waals surface area contributed by atoms with Crippen LogP contribution in [0.5, 0.6) is 5.75 Å². The number of halogens is 1. The first-order valence-electron chi connectivity index (χ1n) is 9.80. The molecule has 0 atom stereocenters. The molecule has 2 N–H and O–H groups in total. The minimum atomic E-state index is 0. The zero-order valence-corrected chi connectivity index (χ0v) is 20.6. The van der Waals surface area contributed by atoms with Crippen molar-refractivity contribution in [2.75, 3.05) is 40.8 Å². The fraction of sp³-hybridized carbons (Fsp3) is 0.524. The highest BCUT2D eigenvalue weighted by Crippen LogP contribution is 2.17. The van der Waals surface area contributed by atoms with Crippen molar-refractivity contribution < 1.29 is 4.74 Å². The quantitative estimate of drug-likeness (QED) is 0.221. The number of hydrogen-bond acceptors (Lipinski definition) is 4. The smallest absolute Gasteiger partial charge is 0.191 e. The SMILES string of the molecule is CN=C(NCCCn1nc(C)cc1C)NCc1ccccc1OCCN(C)C.I. The Balaban J connectivity index is 0.00000420. The third kappa shape index (κ3) is 9.03. The number of aliphatic imine (C=N–C) groups is 1. The highest BCUT2D eigenvalue weighted by molar-refractivity contribution is 14.0. The molecule has 0 saturated carbocycles. The summed E-state index contributed by atoms with van der Waals surface area (Å²) in [4.78, 5) is 6.42. The van der Waals surface area contributed by atoms with Gasteiger partial charge in [-0.1, -0.05) is 18.2 Å². The number of aryl methyl sites for hydroxylation is 3. The number of aromatic nitrogens is 2. The molecule has 29 heavy (non-hydrogen) atoms. The van der Waals surface area contributed by atoms with E-state index in [9.17, 15) is 0 Å². The molecule has 0 aliphatic heterocycles. The molecule has 0 radical (unpaired) electrons. The Hall–Kier alpha value is -1.81. The summed E-state index contributed by atoms with van der Waals surface area (Å²) in [7, 11) is 5.87. The summed E-state index contributed by atoms with van der Waals surface area (Å²) >= 11 is 0. The van der Waals surface area contributed by atoms with Gasteiger partial charge in [0, 0.05) is 44.5 Å². The number of benzene rings is 1. The number of guanidine groups is 1. The highest BCUT2D eigenvalue weighted by Gasteiger charge is 2.05. The maximum atomic E-state index is 5.92. The summed E-state index contributed by atoms with van der Waals surface area (Å²) in [6.45, 7) is 8.06. The van der Waals surface area contributed by atoms with E-state index in [0.717, 1.165) is 49.0 Å². The second kappa shape index (κ2) is 13.4. The van der Waals surface area contributed by atoms with Gasteiger partial charge in [-0.15, -0.1) is 24.0 Å². The Kier molecular flexibility index (Phi) is 11.7. The fourth-order valence-electron chi connectivity index (χ4n) is 2.87. The van der Waals surface area contributed by atoms with E-state index >= 15 is 0 Å². The van der Waals surface area contributed by atoms with Gasteiger partial charge in [-0.3, -0.25) is 9.67 Å². The van der Waals surface area contributed by atoms with Crippen molar-refractivity contribution in [2.24, 2.45) is 4.99 Å². The predicted molar refractivity (Wildman–Crippen MR) is 130 cm³/mol. The number of likely N-dealkylation sites (N-methyl/N-ethyl adjacent to an activating group) is 1. The van der Waals surface area contributed by atoms with Crippen LogP contribution in [0.25, 0.3) is 0 Å². The number of rotatable bonds is 10. The average molecular weight is 514 g/mol. The third-order valence-corrected chi connectivity index (χ3v) is 4.38. The van der Waals surface area contributed by atoms with Gasteiger partial charge in [-0.05, 0) is 46.5 Å². The number of ether oxygens (including phenoxy) is 1. The van der Waals surface area contributed by atoms with Crippen molar-refractivity contribution in [3.05, 3.63) is 47.3 Å². The van der Waals surface area contributed by atoms with Crippen LogP contribution in [0.1, 0.15) is 23.4 Å². The molecular formula is C21H35IN6O. The Labute approximate surface area is 191 Å². The largest absolute Gasteiger partial charge is 0.492 e. The first-order chi connectivity index (χ1) is 13.5. The van der Waals surface area contributed by atoms with Crippen LogP contribution >= 0.6 is 24.0 Å². The van der Waals surface area contributed by atoms with Gasteiger partial charge in [-0.25, -0.2) is 0 Å². The molecule has 1 heterocycles. The van der Waals surface area contributed by atoms with Crippen LogP contribution in [0.2, 0.25) is 0 Å². The van der Waals surface area contributed by atoms with Crippen molar-refractivity contribution in [1.82, 2.24) is 25.3 Å². The maximum Gasteiger partial charge on any atom is 0.191 e. The molecule has 2 aromatic rings. The van der Waals surface area contributed by atoms with Crippen LogP contribution in [0.15, 0.2) is 35.3 Å². The first kappa shape index (κ1) is 25.2. The second-order valence-corrected chi connectivity index (χ2v) is 7.12. The van der Waals surface area contributed by atoms with E-state index in [-0.39, 0.29) is 24.0 Å². The number of hydrogen-bond donors (Lipinski definition) is 2. The van der Waals surface area contributed by atoms with Crippen molar-refractivity contribution in [2.45, 2.75) is 33.4 Å². The summed E-state index contributed by atoms with van der Waals surface area (Å²) in [5.74, 6) is 1.70. The van der Waals surface area contributed by atoms with E-state index in [4.69, 9.17) is 4.74 Å². The fourth-order valence-corrected chi connectivity index (χ4v) is 2.87. The van der Waals surface area contributed by atoms with Crippen molar-refractivity contribution in [1.29, 1.82) is 0 Å². The van der Waals surface area contributed by atoms with Gasteiger partial charge in [0.1, 0.15) is 12.4 Å². The molecule has 0 unspecified atom stereocenters. The summed E-state index contributed by atoms with van der Waals surface area (Å²) in [6, 6.07) is 10.2.